The third-order valence-electron chi connectivity index (χ3n) is 3.76. The van der Waals surface area contributed by atoms with Crippen LogP contribution in [0.4, 0.5) is 11.4 Å². The quantitative estimate of drug-likeness (QED) is 0.795. The Morgan fingerprint density at radius 3 is 2.56 bits per heavy atom. The van der Waals surface area contributed by atoms with Crippen LogP contribution in [0.3, 0.4) is 0 Å². The Morgan fingerprint density at radius 1 is 1.12 bits per heavy atom. The van der Waals surface area contributed by atoms with E-state index in [-0.39, 0.29) is 17.7 Å². The molecule has 0 aromatic heterocycles. The molecule has 8 heteroatoms. The molecule has 1 heterocycles. The van der Waals surface area contributed by atoms with Crippen molar-refractivity contribution in [2.45, 2.75) is 12.5 Å². The molecule has 1 saturated heterocycles. The van der Waals surface area contributed by atoms with E-state index in [1.54, 1.807) is 18.2 Å². The second-order valence-electron chi connectivity index (χ2n) is 5.45. The number of hydrogen-bond donors (Lipinski definition) is 2. The van der Waals surface area contributed by atoms with Gasteiger partial charge in [0.25, 0.3) is 5.91 Å². The number of carboxylic acids is 1. The van der Waals surface area contributed by atoms with E-state index in [1.165, 1.54) is 24.3 Å². The summed E-state index contributed by atoms with van der Waals surface area (Å²) < 4.78 is 0. The first-order chi connectivity index (χ1) is 11.9. The molecule has 2 aromatic carbocycles. The Balaban J connectivity index is 1.83. The Kier molecular flexibility index (Phi) is 4.65. The van der Waals surface area contributed by atoms with Gasteiger partial charge in [0.2, 0.25) is 5.91 Å². The molecule has 1 aliphatic rings. The number of nitrogens with zero attached hydrogens (tertiary/aromatic N) is 1. The smallest absolute Gasteiger partial charge is 0.335 e. The van der Waals surface area contributed by atoms with Gasteiger partial charge < -0.3 is 10.4 Å². The van der Waals surface area contributed by atoms with Crippen LogP contribution in [0, 0.1) is 0 Å². The van der Waals surface area contributed by atoms with E-state index in [4.69, 9.17) is 28.3 Å². The lowest BCUT2D eigenvalue weighted by atomic mass is 10.2. The van der Waals surface area contributed by atoms with E-state index in [0.29, 0.717) is 15.7 Å². The van der Waals surface area contributed by atoms with Crippen molar-refractivity contribution in [3.63, 3.8) is 0 Å². The Hall–Kier alpha value is -2.57. The van der Waals surface area contributed by atoms with Crippen molar-refractivity contribution in [2.24, 2.45) is 0 Å². The standard InChI is InChI=1S/C17H12Cl2N2O4/c18-12-5-4-10(7-13(12)19)20-14-8-15(22)21(16(14)23)11-3-1-2-9(6-11)17(24)25/h1-7,14,20H,8H2,(H,24,25)/t14-/m1/s1. The summed E-state index contributed by atoms with van der Waals surface area (Å²) in [4.78, 5) is 36.9. The number of carbonyl (C=O) groups excluding carboxylic acids is 2. The summed E-state index contributed by atoms with van der Waals surface area (Å²) in [6.07, 6.45) is -0.0453. The molecule has 128 valence electrons. The second-order valence-corrected chi connectivity index (χ2v) is 6.27. The van der Waals surface area contributed by atoms with Crippen LogP contribution >= 0.6 is 23.2 Å². The summed E-state index contributed by atoms with van der Waals surface area (Å²) in [5.41, 5.74) is 0.786. The van der Waals surface area contributed by atoms with E-state index in [0.717, 1.165) is 4.90 Å². The van der Waals surface area contributed by atoms with Crippen molar-refractivity contribution in [2.75, 3.05) is 10.2 Å². The first-order valence-electron chi connectivity index (χ1n) is 7.28. The molecule has 25 heavy (non-hydrogen) atoms. The zero-order valence-electron chi connectivity index (χ0n) is 12.7. The van der Waals surface area contributed by atoms with Gasteiger partial charge in [0.15, 0.2) is 0 Å². The van der Waals surface area contributed by atoms with Crippen molar-refractivity contribution in [3.05, 3.63) is 58.1 Å². The van der Waals surface area contributed by atoms with E-state index in [2.05, 4.69) is 5.32 Å². The van der Waals surface area contributed by atoms with E-state index in [9.17, 15) is 14.4 Å². The van der Waals surface area contributed by atoms with Gasteiger partial charge in [-0.3, -0.25) is 9.59 Å². The van der Waals surface area contributed by atoms with Gasteiger partial charge in [0, 0.05) is 5.69 Å². The maximum absolute atomic E-state index is 12.6. The highest BCUT2D eigenvalue weighted by Gasteiger charge is 2.39. The highest BCUT2D eigenvalue weighted by atomic mass is 35.5. The summed E-state index contributed by atoms with van der Waals surface area (Å²) >= 11 is 11.8. The predicted octanol–water partition coefficient (Wildman–Crippen LogP) is 3.44. The van der Waals surface area contributed by atoms with Crippen LogP contribution < -0.4 is 10.2 Å². The molecule has 3 rings (SSSR count). The van der Waals surface area contributed by atoms with Crippen LogP contribution in [-0.4, -0.2) is 28.9 Å². The first-order valence-corrected chi connectivity index (χ1v) is 8.04. The van der Waals surface area contributed by atoms with Gasteiger partial charge in [-0.05, 0) is 36.4 Å². The number of rotatable bonds is 4. The van der Waals surface area contributed by atoms with Gasteiger partial charge in [0.05, 0.1) is 27.7 Å². The van der Waals surface area contributed by atoms with Crippen LogP contribution in [0.2, 0.25) is 10.0 Å². The average molecular weight is 379 g/mol. The van der Waals surface area contributed by atoms with Gasteiger partial charge in [0.1, 0.15) is 6.04 Å². The van der Waals surface area contributed by atoms with Crippen LogP contribution in [0.5, 0.6) is 0 Å². The lowest BCUT2D eigenvalue weighted by molar-refractivity contribution is -0.121. The lowest BCUT2D eigenvalue weighted by Gasteiger charge is -2.16. The zero-order valence-corrected chi connectivity index (χ0v) is 14.2. The Morgan fingerprint density at radius 2 is 1.88 bits per heavy atom. The monoisotopic (exact) mass is 378 g/mol. The second kappa shape index (κ2) is 6.74. The number of anilines is 2. The number of nitrogens with one attached hydrogen (secondary N) is 1. The maximum Gasteiger partial charge on any atom is 0.335 e. The fourth-order valence-electron chi connectivity index (χ4n) is 2.58. The summed E-state index contributed by atoms with van der Waals surface area (Å²) in [6, 6.07) is 9.72. The number of amides is 2. The van der Waals surface area contributed by atoms with Gasteiger partial charge in [-0.25, -0.2) is 9.69 Å². The third kappa shape index (κ3) is 3.45. The first kappa shape index (κ1) is 17.3. The number of benzene rings is 2. The molecule has 1 fully saturated rings. The molecule has 6 nitrogen and oxygen atoms in total. The molecule has 2 N–H and O–H groups in total. The van der Waals surface area contributed by atoms with Crippen LogP contribution in [0.15, 0.2) is 42.5 Å². The topological polar surface area (TPSA) is 86.7 Å². The SMILES string of the molecule is O=C(O)c1cccc(N2C(=O)C[C@@H](Nc3ccc(Cl)c(Cl)c3)C2=O)c1. The molecule has 0 saturated carbocycles. The van der Waals surface area contributed by atoms with Crippen molar-refractivity contribution in [1.82, 2.24) is 0 Å². The molecular formula is C17H12Cl2N2O4. The van der Waals surface area contributed by atoms with Crippen molar-refractivity contribution < 1.29 is 19.5 Å². The Bertz CT molecular complexity index is 885. The molecule has 1 atom stereocenters. The molecule has 0 spiro atoms. The minimum Gasteiger partial charge on any atom is -0.478 e. The number of carboxylic acid groups (broad SMARTS) is 1. The van der Waals surface area contributed by atoms with Crippen molar-refractivity contribution >= 4 is 52.4 Å². The minimum atomic E-state index is -1.13. The van der Waals surface area contributed by atoms with Crippen molar-refractivity contribution in [3.8, 4) is 0 Å². The molecule has 2 amide bonds. The molecule has 0 radical (unpaired) electrons. The van der Waals surface area contributed by atoms with E-state index in [1.807, 2.05) is 0 Å². The zero-order chi connectivity index (χ0) is 18.1. The summed E-state index contributed by atoms with van der Waals surface area (Å²) in [7, 11) is 0. The fourth-order valence-corrected chi connectivity index (χ4v) is 2.88. The van der Waals surface area contributed by atoms with Gasteiger partial charge in [-0.2, -0.15) is 0 Å². The minimum absolute atomic E-state index is 0.000933. The van der Waals surface area contributed by atoms with E-state index >= 15 is 0 Å². The third-order valence-corrected chi connectivity index (χ3v) is 4.50. The Labute approximate surface area is 153 Å². The molecule has 2 aromatic rings. The number of aromatic carboxylic acids is 1. The van der Waals surface area contributed by atoms with E-state index < -0.39 is 23.8 Å². The number of hydrogen-bond acceptors (Lipinski definition) is 4. The maximum atomic E-state index is 12.6. The highest BCUT2D eigenvalue weighted by molar-refractivity contribution is 6.42. The normalized spacial score (nSPS) is 17.0. The molecule has 1 aliphatic heterocycles. The summed E-state index contributed by atoms with van der Waals surface area (Å²) in [5, 5.41) is 12.7. The molecule has 0 unspecified atom stereocenters. The molecule has 0 bridgehead atoms. The number of carbonyl (C=O) groups is 3. The van der Waals surface area contributed by atoms with Crippen LogP contribution in [0.25, 0.3) is 0 Å². The van der Waals surface area contributed by atoms with Crippen LogP contribution in [0.1, 0.15) is 16.8 Å². The fraction of sp³-hybridized carbons (Fsp3) is 0.118. The predicted molar refractivity (Wildman–Crippen MR) is 94.4 cm³/mol. The van der Waals surface area contributed by atoms with Gasteiger partial charge >= 0.3 is 5.97 Å². The lowest BCUT2D eigenvalue weighted by Crippen LogP contribution is -2.34. The van der Waals surface area contributed by atoms with Gasteiger partial charge in [-0.1, -0.05) is 29.3 Å². The summed E-state index contributed by atoms with van der Waals surface area (Å²) in [5.74, 6) is -2.00. The average Bonchev–Trinajstić information content (AvgIpc) is 2.85. The molecule has 0 aliphatic carbocycles. The number of halogens is 2. The van der Waals surface area contributed by atoms with Crippen LogP contribution in [-0.2, 0) is 9.59 Å². The van der Waals surface area contributed by atoms with Crippen molar-refractivity contribution in [1.29, 1.82) is 0 Å². The summed E-state index contributed by atoms with van der Waals surface area (Å²) in [6.45, 7) is 0. The number of imide groups is 1. The largest absolute Gasteiger partial charge is 0.478 e. The highest BCUT2D eigenvalue weighted by Crippen LogP contribution is 2.28. The van der Waals surface area contributed by atoms with Gasteiger partial charge in [-0.15, -0.1) is 0 Å². The molecular weight excluding hydrogens is 367 g/mol.